The van der Waals surface area contributed by atoms with E-state index in [9.17, 15) is 0 Å². The van der Waals surface area contributed by atoms with Gasteiger partial charge in [-0.05, 0) is 89.1 Å². The third-order valence-electron chi connectivity index (χ3n) is 4.16. The molecule has 0 fully saturated rings. The van der Waals surface area contributed by atoms with Crippen LogP contribution < -0.4 is 31.9 Å². The topological polar surface area (TPSA) is 72.2 Å². The summed E-state index contributed by atoms with van der Waals surface area (Å²) in [5.41, 5.74) is 0. The van der Waals surface area contributed by atoms with Gasteiger partial charge in [0.1, 0.15) is 0 Å². The van der Waals surface area contributed by atoms with E-state index in [1.54, 1.807) is 0 Å². The van der Waals surface area contributed by atoms with Crippen molar-refractivity contribution in [3.63, 3.8) is 0 Å². The summed E-state index contributed by atoms with van der Waals surface area (Å²) in [6.07, 6.45) is 9.53. The minimum absolute atomic E-state index is 0. The van der Waals surface area contributed by atoms with Crippen LogP contribution in [0.1, 0.15) is 65.2 Å². The monoisotopic (exact) mass is 504 g/mol. The van der Waals surface area contributed by atoms with Crippen LogP contribution in [0.5, 0.6) is 0 Å². The molecular weight excluding hydrogens is 459 g/mol. The van der Waals surface area contributed by atoms with Crippen LogP contribution in [0.15, 0.2) is 0 Å². The second-order valence-electron chi connectivity index (χ2n) is 6.99. The molecule has 0 heterocycles. The maximum atomic E-state index is 5.18. The largest absolute Gasteiger partial charge is 0.363 e. The first-order valence-electron chi connectivity index (χ1n) is 11.2. The van der Waals surface area contributed by atoms with Crippen molar-refractivity contribution < 1.29 is 0 Å². The number of thiocarbonyl (C=S) groups is 2. The van der Waals surface area contributed by atoms with E-state index in [4.69, 9.17) is 24.4 Å². The fourth-order valence-electron chi connectivity index (χ4n) is 2.54. The predicted molar refractivity (Wildman–Crippen MR) is 146 cm³/mol. The number of unbranched alkanes of at least 4 members (excludes halogenated alkanes) is 3. The molecule has 0 atom stereocenters. The van der Waals surface area contributed by atoms with Crippen LogP contribution in [-0.4, -0.2) is 62.6 Å². The van der Waals surface area contributed by atoms with Crippen LogP contribution in [0.25, 0.3) is 0 Å². The average molecular weight is 506 g/mol. The SMILES string of the molecule is CCCNC(=S)NCCCNCCCCCCNCCCNC(=S)NCCC.Cl.Cl. The molecule has 0 bridgehead atoms. The summed E-state index contributed by atoms with van der Waals surface area (Å²) in [5.74, 6) is 0. The molecule has 0 aliphatic heterocycles. The lowest BCUT2D eigenvalue weighted by Crippen LogP contribution is -2.37. The van der Waals surface area contributed by atoms with Gasteiger partial charge in [-0.25, -0.2) is 0 Å². The second kappa shape index (κ2) is 28.9. The van der Waals surface area contributed by atoms with E-state index < -0.39 is 0 Å². The van der Waals surface area contributed by atoms with Gasteiger partial charge in [0, 0.05) is 26.2 Å². The molecule has 6 nitrogen and oxygen atoms in total. The Morgan fingerprint density at radius 2 is 0.800 bits per heavy atom. The van der Waals surface area contributed by atoms with Crippen molar-refractivity contribution in [2.75, 3.05) is 52.4 Å². The minimum Gasteiger partial charge on any atom is -0.363 e. The zero-order valence-corrected chi connectivity index (χ0v) is 22.2. The van der Waals surface area contributed by atoms with Crippen LogP contribution in [0.3, 0.4) is 0 Å². The highest BCUT2D eigenvalue weighted by molar-refractivity contribution is 7.80. The van der Waals surface area contributed by atoms with Gasteiger partial charge in [-0.15, -0.1) is 24.8 Å². The van der Waals surface area contributed by atoms with E-state index in [2.05, 4.69) is 45.7 Å². The molecule has 0 aliphatic rings. The molecule has 6 N–H and O–H groups in total. The summed E-state index contributed by atoms with van der Waals surface area (Å²) in [4.78, 5) is 0. The van der Waals surface area contributed by atoms with Crippen LogP contribution in [0.2, 0.25) is 0 Å². The lowest BCUT2D eigenvalue weighted by atomic mass is 10.2. The number of nitrogens with one attached hydrogen (secondary N) is 6. The lowest BCUT2D eigenvalue weighted by molar-refractivity contribution is 0.551. The molecule has 0 aliphatic carbocycles. The number of hydrogen-bond acceptors (Lipinski definition) is 4. The summed E-state index contributed by atoms with van der Waals surface area (Å²) in [7, 11) is 0. The molecule has 30 heavy (non-hydrogen) atoms. The highest BCUT2D eigenvalue weighted by Gasteiger charge is 1.95. The van der Waals surface area contributed by atoms with Gasteiger partial charge >= 0.3 is 0 Å². The molecule has 0 aromatic heterocycles. The lowest BCUT2D eigenvalue weighted by Gasteiger charge is -2.10. The minimum atomic E-state index is 0. The number of hydrogen-bond donors (Lipinski definition) is 6. The first-order chi connectivity index (χ1) is 13.7. The maximum absolute atomic E-state index is 5.18. The van der Waals surface area contributed by atoms with E-state index in [0.29, 0.717) is 0 Å². The summed E-state index contributed by atoms with van der Waals surface area (Å²) >= 11 is 10.4. The van der Waals surface area contributed by atoms with Crippen molar-refractivity contribution in [2.45, 2.75) is 65.2 Å². The van der Waals surface area contributed by atoms with E-state index >= 15 is 0 Å². The third-order valence-corrected chi connectivity index (χ3v) is 4.74. The zero-order valence-electron chi connectivity index (χ0n) is 18.9. The van der Waals surface area contributed by atoms with Gasteiger partial charge in [0.05, 0.1) is 0 Å². The molecule has 0 aromatic carbocycles. The normalized spacial score (nSPS) is 9.80. The third kappa shape index (κ3) is 27.9. The second-order valence-corrected chi connectivity index (χ2v) is 7.80. The Morgan fingerprint density at radius 3 is 1.17 bits per heavy atom. The van der Waals surface area contributed by atoms with Crippen LogP contribution in [-0.2, 0) is 0 Å². The van der Waals surface area contributed by atoms with Crippen molar-refractivity contribution in [3.05, 3.63) is 0 Å². The Morgan fingerprint density at radius 1 is 0.467 bits per heavy atom. The van der Waals surface area contributed by atoms with E-state index in [0.717, 1.165) is 88.3 Å². The van der Waals surface area contributed by atoms with Gasteiger partial charge in [-0.3, -0.25) is 0 Å². The molecule has 0 aromatic rings. The molecule has 182 valence electrons. The number of halogens is 2. The van der Waals surface area contributed by atoms with Gasteiger partial charge in [-0.2, -0.15) is 0 Å². The predicted octanol–water partition coefficient (Wildman–Crippen LogP) is 3.10. The van der Waals surface area contributed by atoms with Crippen LogP contribution in [0, 0.1) is 0 Å². The Kier molecular flexibility index (Phi) is 33.2. The number of rotatable bonds is 19. The summed E-state index contributed by atoms with van der Waals surface area (Å²) in [6.45, 7) is 12.4. The van der Waals surface area contributed by atoms with Crippen molar-refractivity contribution in [2.24, 2.45) is 0 Å². The first kappa shape index (κ1) is 34.5. The standard InChI is InChI=1S/C20H44N6S2.2ClH/c1-3-11-23-19(27)25-17-9-15-21-13-7-5-6-8-14-22-16-10-18-26-20(28)24-12-4-2;;/h21-22H,3-18H2,1-2H3,(H2,23,25,27)(H2,24,26,28);2*1H. The van der Waals surface area contributed by atoms with Crippen molar-refractivity contribution in [1.29, 1.82) is 0 Å². The molecule has 0 rings (SSSR count). The maximum Gasteiger partial charge on any atom is 0.166 e. The van der Waals surface area contributed by atoms with Crippen LogP contribution in [0.4, 0.5) is 0 Å². The van der Waals surface area contributed by atoms with Gasteiger partial charge in [-0.1, -0.05) is 26.7 Å². The molecular formula is C20H46Cl2N6S2. The van der Waals surface area contributed by atoms with E-state index in [-0.39, 0.29) is 24.8 Å². The molecule has 0 amide bonds. The highest BCUT2D eigenvalue weighted by atomic mass is 35.5. The smallest absolute Gasteiger partial charge is 0.166 e. The zero-order chi connectivity index (χ0) is 20.7. The quantitative estimate of drug-likeness (QED) is 0.118. The van der Waals surface area contributed by atoms with Gasteiger partial charge < -0.3 is 31.9 Å². The molecule has 0 saturated heterocycles. The van der Waals surface area contributed by atoms with E-state index in [1.165, 1.54) is 25.7 Å². The van der Waals surface area contributed by atoms with Gasteiger partial charge in [0.15, 0.2) is 10.2 Å². The molecule has 0 unspecified atom stereocenters. The summed E-state index contributed by atoms with van der Waals surface area (Å²) < 4.78 is 0. The molecule has 0 spiro atoms. The Labute approximate surface area is 208 Å². The Hall–Kier alpha value is -0.120. The fourth-order valence-corrected chi connectivity index (χ4v) is 2.94. The highest BCUT2D eigenvalue weighted by Crippen LogP contribution is 1.97. The van der Waals surface area contributed by atoms with Crippen molar-refractivity contribution >= 4 is 59.5 Å². The molecule has 0 radical (unpaired) electrons. The van der Waals surface area contributed by atoms with Crippen molar-refractivity contribution in [1.82, 2.24) is 31.9 Å². The van der Waals surface area contributed by atoms with E-state index in [1.807, 2.05) is 0 Å². The van der Waals surface area contributed by atoms with Crippen molar-refractivity contribution in [3.8, 4) is 0 Å². The molecule has 10 heteroatoms. The average Bonchev–Trinajstić information content (AvgIpc) is 2.70. The Balaban J connectivity index is -0.00000364. The Bertz CT molecular complexity index is 345. The summed E-state index contributed by atoms with van der Waals surface area (Å²) in [5, 5.41) is 21.4. The van der Waals surface area contributed by atoms with Gasteiger partial charge in [0.25, 0.3) is 0 Å². The molecule has 0 saturated carbocycles. The van der Waals surface area contributed by atoms with Gasteiger partial charge in [0.2, 0.25) is 0 Å². The fraction of sp³-hybridized carbons (Fsp3) is 0.900. The van der Waals surface area contributed by atoms with Crippen LogP contribution >= 0.6 is 49.2 Å². The summed E-state index contributed by atoms with van der Waals surface area (Å²) in [6, 6.07) is 0. The first-order valence-corrected chi connectivity index (χ1v) is 12.0.